The van der Waals surface area contributed by atoms with E-state index < -0.39 is 15.3 Å². The second-order valence-electron chi connectivity index (χ2n) is 7.46. The number of sulfone groups is 1. The number of nitrogens with one attached hydrogen (secondary N) is 1. The van der Waals surface area contributed by atoms with Gasteiger partial charge >= 0.3 is 0 Å². The summed E-state index contributed by atoms with van der Waals surface area (Å²) in [6, 6.07) is 31.2. The highest BCUT2D eigenvalue weighted by Crippen LogP contribution is 2.58. The molecule has 0 aromatic heterocycles. The summed E-state index contributed by atoms with van der Waals surface area (Å²) >= 11 is 0. The van der Waals surface area contributed by atoms with Gasteiger partial charge in [0, 0.05) is 11.4 Å². The SMILES string of the molecule is O=S1(=O)c2ccccc2C2(c3ccccc3Nc3ccccc32)c2ccccc21. The fourth-order valence-electron chi connectivity index (χ4n) is 4.99. The Morgan fingerprint density at radius 3 is 1.38 bits per heavy atom. The van der Waals surface area contributed by atoms with Gasteiger partial charge in [-0.15, -0.1) is 0 Å². The summed E-state index contributed by atoms with van der Waals surface area (Å²) in [5.74, 6) is 0. The molecule has 3 nitrogen and oxygen atoms in total. The maximum Gasteiger partial charge on any atom is 0.207 e. The topological polar surface area (TPSA) is 46.2 Å². The number of anilines is 2. The zero-order chi connectivity index (χ0) is 19.6. The number of fused-ring (bicyclic) bond motifs is 8. The average molecular weight is 395 g/mol. The van der Waals surface area contributed by atoms with E-state index >= 15 is 0 Å². The predicted octanol–water partition coefficient (Wildman–Crippen LogP) is 5.27. The Balaban J connectivity index is 1.91. The molecule has 2 heterocycles. The Morgan fingerprint density at radius 2 is 0.897 bits per heavy atom. The summed E-state index contributed by atoms with van der Waals surface area (Å²) in [7, 11) is -3.60. The quantitative estimate of drug-likeness (QED) is 0.381. The lowest BCUT2D eigenvalue weighted by Crippen LogP contribution is -2.40. The maximum absolute atomic E-state index is 13.5. The van der Waals surface area contributed by atoms with E-state index in [0.29, 0.717) is 9.79 Å². The Hall–Kier alpha value is -3.37. The van der Waals surface area contributed by atoms with Crippen molar-refractivity contribution < 1.29 is 8.42 Å². The first-order chi connectivity index (χ1) is 14.1. The molecule has 1 N–H and O–H groups in total. The van der Waals surface area contributed by atoms with Crippen LogP contribution in [0.15, 0.2) is 107 Å². The molecule has 0 saturated carbocycles. The highest BCUT2D eigenvalue weighted by Gasteiger charge is 2.51. The summed E-state index contributed by atoms with van der Waals surface area (Å²) in [6.45, 7) is 0. The molecule has 0 atom stereocenters. The maximum atomic E-state index is 13.5. The minimum Gasteiger partial charge on any atom is -0.355 e. The summed E-state index contributed by atoms with van der Waals surface area (Å²) < 4.78 is 27.1. The van der Waals surface area contributed by atoms with E-state index in [2.05, 4.69) is 29.6 Å². The number of benzene rings is 4. The van der Waals surface area contributed by atoms with Gasteiger partial charge in [0.15, 0.2) is 0 Å². The Morgan fingerprint density at radius 1 is 0.517 bits per heavy atom. The van der Waals surface area contributed by atoms with Gasteiger partial charge in [0.1, 0.15) is 0 Å². The zero-order valence-corrected chi connectivity index (χ0v) is 16.3. The number of hydrogen-bond donors (Lipinski definition) is 1. The molecule has 0 bridgehead atoms. The molecule has 6 rings (SSSR count). The van der Waals surface area contributed by atoms with Gasteiger partial charge < -0.3 is 5.32 Å². The van der Waals surface area contributed by atoms with E-state index in [-0.39, 0.29) is 0 Å². The molecule has 1 spiro atoms. The van der Waals surface area contributed by atoms with Crippen LogP contribution in [-0.2, 0) is 15.3 Å². The van der Waals surface area contributed by atoms with E-state index in [0.717, 1.165) is 33.6 Å². The standard InChI is InChI=1S/C25H17NO2S/c27-29(28)23-15-7-3-11-19(23)25(20-12-4-8-16-24(20)29)17-9-1-5-13-21(17)26-22-14-6-2-10-18(22)25/h1-16,26H. The molecule has 2 aliphatic heterocycles. The highest BCUT2D eigenvalue weighted by molar-refractivity contribution is 7.91. The summed E-state index contributed by atoms with van der Waals surface area (Å²) in [5, 5.41) is 3.54. The van der Waals surface area contributed by atoms with Gasteiger partial charge in [-0.1, -0.05) is 72.8 Å². The molecule has 0 saturated heterocycles. The van der Waals surface area contributed by atoms with Crippen molar-refractivity contribution in [1.29, 1.82) is 0 Å². The number of hydrogen-bond acceptors (Lipinski definition) is 3. The van der Waals surface area contributed by atoms with Crippen molar-refractivity contribution in [2.75, 3.05) is 5.32 Å². The van der Waals surface area contributed by atoms with E-state index in [4.69, 9.17) is 0 Å². The second-order valence-corrected chi connectivity index (χ2v) is 9.35. The van der Waals surface area contributed by atoms with Gasteiger partial charge in [0.05, 0.1) is 15.2 Å². The van der Waals surface area contributed by atoms with Crippen LogP contribution in [-0.4, -0.2) is 8.42 Å². The minimum absolute atomic E-state index is 0.380. The minimum atomic E-state index is -3.60. The summed E-state index contributed by atoms with van der Waals surface area (Å²) in [4.78, 5) is 0.760. The lowest BCUT2D eigenvalue weighted by atomic mass is 9.62. The summed E-state index contributed by atoms with van der Waals surface area (Å²) in [5.41, 5.74) is 5.03. The van der Waals surface area contributed by atoms with Crippen LogP contribution in [0.25, 0.3) is 0 Å². The van der Waals surface area contributed by atoms with Crippen molar-refractivity contribution in [1.82, 2.24) is 0 Å². The van der Waals surface area contributed by atoms with Gasteiger partial charge in [-0.2, -0.15) is 0 Å². The first-order valence-electron chi connectivity index (χ1n) is 9.55. The third-order valence-corrected chi connectivity index (χ3v) is 7.96. The van der Waals surface area contributed by atoms with Crippen molar-refractivity contribution >= 4 is 21.2 Å². The van der Waals surface area contributed by atoms with Crippen LogP contribution in [0.1, 0.15) is 22.3 Å². The van der Waals surface area contributed by atoms with E-state index in [1.54, 1.807) is 24.3 Å². The van der Waals surface area contributed by atoms with Crippen LogP contribution in [0.3, 0.4) is 0 Å². The van der Waals surface area contributed by atoms with Crippen LogP contribution in [0.2, 0.25) is 0 Å². The van der Waals surface area contributed by atoms with E-state index in [1.807, 2.05) is 48.5 Å². The van der Waals surface area contributed by atoms with Gasteiger partial charge in [-0.05, 0) is 46.5 Å². The molecule has 140 valence electrons. The van der Waals surface area contributed by atoms with Gasteiger partial charge in [-0.3, -0.25) is 0 Å². The first kappa shape index (κ1) is 16.6. The lowest BCUT2D eigenvalue weighted by molar-refractivity contribution is 0.578. The van der Waals surface area contributed by atoms with Crippen LogP contribution >= 0.6 is 0 Å². The lowest BCUT2D eigenvalue weighted by Gasteiger charge is -2.45. The predicted molar refractivity (Wildman–Crippen MR) is 113 cm³/mol. The monoisotopic (exact) mass is 395 g/mol. The van der Waals surface area contributed by atoms with Crippen molar-refractivity contribution in [2.24, 2.45) is 0 Å². The van der Waals surface area contributed by atoms with Crippen LogP contribution in [0.5, 0.6) is 0 Å². The largest absolute Gasteiger partial charge is 0.355 e. The number of para-hydroxylation sites is 2. The molecule has 4 aromatic carbocycles. The fraction of sp³-hybridized carbons (Fsp3) is 0.0400. The second kappa shape index (κ2) is 5.58. The van der Waals surface area contributed by atoms with Crippen LogP contribution < -0.4 is 5.32 Å². The molecule has 0 radical (unpaired) electrons. The van der Waals surface area contributed by atoms with Crippen molar-refractivity contribution in [2.45, 2.75) is 15.2 Å². The van der Waals surface area contributed by atoms with Crippen LogP contribution in [0.4, 0.5) is 11.4 Å². The van der Waals surface area contributed by atoms with E-state index in [9.17, 15) is 8.42 Å². The van der Waals surface area contributed by atoms with Crippen molar-refractivity contribution in [3.63, 3.8) is 0 Å². The average Bonchev–Trinajstić information content (AvgIpc) is 2.77. The molecular formula is C25H17NO2S. The Bertz CT molecular complexity index is 1300. The Labute approximate surface area is 169 Å². The van der Waals surface area contributed by atoms with Gasteiger partial charge in [-0.25, -0.2) is 8.42 Å². The first-order valence-corrected chi connectivity index (χ1v) is 11.0. The molecular weight excluding hydrogens is 378 g/mol. The number of rotatable bonds is 0. The van der Waals surface area contributed by atoms with Crippen molar-refractivity contribution in [3.05, 3.63) is 119 Å². The fourth-order valence-corrected chi connectivity index (χ4v) is 6.77. The molecule has 0 fully saturated rings. The molecule has 0 unspecified atom stereocenters. The molecule has 29 heavy (non-hydrogen) atoms. The molecule has 0 amide bonds. The van der Waals surface area contributed by atoms with Gasteiger partial charge in [0.2, 0.25) is 9.84 Å². The zero-order valence-electron chi connectivity index (χ0n) is 15.5. The highest BCUT2D eigenvalue weighted by atomic mass is 32.2. The van der Waals surface area contributed by atoms with Crippen LogP contribution in [0, 0.1) is 0 Å². The van der Waals surface area contributed by atoms with Gasteiger partial charge in [0.25, 0.3) is 0 Å². The molecule has 0 aliphatic carbocycles. The molecule has 4 heteroatoms. The third kappa shape index (κ3) is 1.94. The normalized spacial score (nSPS) is 16.7. The molecule has 4 aromatic rings. The van der Waals surface area contributed by atoms with Crippen molar-refractivity contribution in [3.8, 4) is 0 Å². The third-order valence-electron chi connectivity index (χ3n) is 6.09. The van der Waals surface area contributed by atoms with E-state index in [1.165, 1.54) is 0 Å². The Kier molecular flexibility index (Phi) is 3.19. The summed E-state index contributed by atoms with van der Waals surface area (Å²) in [6.07, 6.45) is 0. The molecule has 2 aliphatic rings. The smallest absolute Gasteiger partial charge is 0.207 e.